The Hall–Kier alpha value is -7.69. The third-order valence-corrected chi connectivity index (χ3v) is 15.9. The minimum absolute atomic E-state index is 0.0232. The number of esters is 1. The maximum Gasteiger partial charge on any atom is 0.341 e. The number of rotatable bonds is 8. The molecule has 4 aliphatic heterocycles. The highest BCUT2D eigenvalue weighted by atomic mass is 19.1. The van der Waals surface area contributed by atoms with Crippen molar-refractivity contribution in [3.05, 3.63) is 86.7 Å². The van der Waals surface area contributed by atoms with Gasteiger partial charge in [0.15, 0.2) is 17.3 Å². The number of aliphatic hydroxyl groups is 2. The van der Waals surface area contributed by atoms with Gasteiger partial charge in [0.2, 0.25) is 5.43 Å². The van der Waals surface area contributed by atoms with Crippen molar-refractivity contribution in [1.29, 1.82) is 0 Å². The van der Waals surface area contributed by atoms with Gasteiger partial charge in [-0.25, -0.2) is 9.18 Å². The molecule has 0 spiro atoms. The second-order valence-corrected chi connectivity index (χ2v) is 21.3. The molecule has 4 aromatic rings. The van der Waals surface area contributed by atoms with E-state index < -0.39 is 129 Å². The Balaban J connectivity index is 1.21. The molecule has 1 unspecified atom stereocenters. The number of Topliss-reactive ketones (excluding diaryl/α,β-unsaturated/α-hetero) is 1. The topological polar surface area (TPSA) is 289 Å². The van der Waals surface area contributed by atoms with Crippen molar-refractivity contribution in [3.63, 3.8) is 0 Å². The number of hydrogen-bond donors (Lipinski definition) is 7. The molecule has 424 valence electrons. The molecule has 9 rings (SSSR count). The normalized spacial score (nSPS) is 28.6. The molecule has 10 atom stereocenters. The summed E-state index contributed by atoms with van der Waals surface area (Å²) in [5, 5.41) is 77.6. The van der Waals surface area contributed by atoms with E-state index in [2.05, 4.69) is 5.32 Å². The van der Waals surface area contributed by atoms with Gasteiger partial charge >= 0.3 is 17.7 Å². The first kappa shape index (κ1) is 57.5. The molecule has 7 N–H and O–H groups in total. The van der Waals surface area contributed by atoms with Gasteiger partial charge in [-0.15, -0.1) is 0 Å². The summed E-state index contributed by atoms with van der Waals surface area (Å²) in [6.45, 7) is 14.4. The van der Waals surface area contributed by atoms with Crippen molar-refractivity contribution in [2.75, 3.05) is 44.1 Å². The van der Waals surface area contributed by atoms with Gasteiger partial charge in [-0.3, -0.25) is 24.2 Å². The van der Waals surface area contributed by atoms with E-state index in [0.717, 1.165) is 25.2 Å². The molecule has 79 heavy (non-hydrogen) atoms. The molecule has 5 heterocycles. The summed E-state index contributed by atoms with van der Waals surface area (Å²) in [4.78, 5) is 68.5. The van der Waals surface area contributed by atoms with Gasteiger partial charge in [0.25, 0.3) is 11.7 Å². The summed E-state index contributed by atoms with van der Waals surface area (Å²) in [7, 11) is 2.75. The van der Waals surface area contributed by atoms with Crippen LogP contribution >= 0.6 is 0 Å². The molecule has 1 aromatic heterocycles. The number of hydrazone groups is 1. The Labute approximate surface area is 454 Å². The molecule has 1 saturated heterocycles. The number of phenols is 3. The molecule has 5 aliphatic rings. The van der Waals surface area contributed by atoms with Crippen LogP contribution in [0.25, 0.3) is 21.7 Å². The van der Waals surface area contributed by atoms with E-state index in [1.165, 1.54) is 72.6 Å². The number of nitrogens with one attached hydrogen (secondary N) is 1. The van der Waals surface area contributed by atoms with Gasteiger partial charge in [-0.05, 0) is 45.8 Å². The van der Waals surface area contributed by atoms with Crippen LogP contribution in [0.15, 0.2) is 58.3 Å². The maximum atomic E-state index is 16.4. The average Bonchev–Trinajstić information content (AvgIpc) is 4.33. The first-order valence-electron chi connectivity index (χ1n) is 26.1. The Morgan fingerprint density at radius 1 is 0.937 bits per heavy atom. The number of allylic oxidation sites excluding steroid dienone is 2. The number of hydrogen-bond acceptors (Lipinski definition) is 18. The fourth-order valence-corrected chi connectivity index (χ4v) is 11.1. The summed E-state index contributed by atoms with van der Waals surface area (Å²) >= 11 is 0. The Kier molecular flexibility index (Phi) is 16.2. The fourth-order valence-electron chi connectivity index (χ4n) is 11.1. The van der Waals surface area contributed by atoms with Gasteiger partial charge < -0.3 is 69.1 Å². The van der Waals surface area contributed by atoms with Crippen LogP contribution in [0.5, 0.6) is 28.7 Å². The Bertz CT molecular complexity index is 3330. The molecular formula is C57H68FN5O16. The number of carboxylic acid groups (broad SMARTS) is 1. The second kappa shape index (κ2) is 22.2. The molecule has 5 bridgehead atoms. The van der Waals surface area contributed by atoms with Crippen molar-refractivity contribution < 1.29 is 77.9 Å². The standard InChI is InChI=1S/C57H68FN5O16/c1-25-13-12-14-26(2)55(72)60-42-35(22-59-63-19-18-61(23-27(63)3)44-37(58)21-34-43(53(44)76-11)62(33-15-16-33)24-36(48(34)68)56(73)74)49(69)39-40(50(42)70)47(67)31(7)52-41(39)54(71)57(9,79-52)77-20-17-38(75-10)28(4)51(78-32(8)64)30(6)46(66)29(5)45(25)65/h12-14,17,20-22,24-25,27-30,33,38,45-46,51,65-67,69-70H,15-16,18-19,23H2,1-11H3,(H,60,72)(H,73,74)/b13-12+,20-17+,26-14-,59-22+/t25-,27?,28-,29-,30-,38+,45+,46+,51-,57+/m1/s1. The number of piperazine rings is 1. The average molecular weight is 1100 g/mol. The minimum atomic E-state index is -2.15. The number of carbonyl (C=O) groups excluding carboxylic acids is 3. The van der Waals surface area contributed by atoms with E-state index >= 15 is 4.39 Å². The number of carbonyl (C=O) groups is 4. The highest BCUT2D eigenvalue weighted by Gasteiger charge is 2.50. The maximum absolute atomic E-state index is 16.4. The van der Waals surface area contributed by atoms with E-state index in [-0.39, 0.29) is 81.4 Å². The number of fused-ring (bicyclic) bond motifs is 15. The number of amides is 1. The number of aliphatic hydroxyl groups excluding tert-OH is 2. The molecule has 1 saturated carbocycles. The van der Waals surface area contributed by atoms with Crippen LogP contribution in [-0.4, -0.2) is 140 Å². The van der Waals surface area contributed by atoms with Crippen molar-refractivity contribution in [2.45, 2.75) is 117 Å². The summed E-state index contributed by atoms with van der Waals surface area (Å²) in [5.74, 6) is -11.6. The molecule has 2 fully saturated rings. The van der Waals surface area contributed by atoms with Crippen LogP contribution in [-0.2, 0) is 23.8 Å². The number of anilines is 2. The number of ether oxygens (including phenoxy) is 5. The fraction of sp³-hybridized carbons (Fsp3) is 0.474. The predicted octanol–water partition coefficient (Wildman–Crippen LogP) is 6.79. The molecule has 1 amide bonds. The number of aromatic hydroxyl groups is 3. The highest BCUT2D eigenvalue weighted by Crippen LogP contribution is 2.55. The number of pyridine rings is 1. The largest absolute Gasteiger partial charge is 0.507 e. The van der Waals surface area contributed by atoms with Gasteiger partial charge in [-0.1, -0.05) is 45.9 Å². The van der Waals surface area contributed by atoms with Crippen molar-refractivity contribution in [3.8, 4) is 28.7 Å². The number of aromatic nitrogens is 1. The third kappa shape index (κ3) is 10.4. The molecule has 0 radical (unpaired) electrons. The van der Waals surface area contributed by atoms with E-state index in [1.807, 2.05) is 0 Å². The third-order valence-electron chi connectivity index (χ3n) is 15.9. The van der Waals surface area contributed by atoms with E-state index in [9.17, 15) is 54.6 Å². The van der Waals surface area contributed by atoms with E-state index in [1.54, 1.807) is 55.2 Å². The first-order chi connectivity index (χ1) is 37.3. The van der Waals surface area contributed by atoms with Crippen LogP contribution in [0.1, 0.15) is 106 Å². The number of aromatic carboxylic acids is 1. The molecule has 21 nitrogen and oxygen atoms in total. The molecule has 3 aromatic carbocycles. The second-order valence-electron chi connectivity index (χ2n) is 21.3. The van der Waals surface area contributed by atoms with Gasteiger partial charge in [0, 0.05) is 86.5 Å². The summed E-state index contributed by atoms with van der Waals surface area (Å²) in [6, 6.07) is 0.391. The SMILES string of the molecule is COc1c(N2CCN(/N=C/c3c4c(O)c5c(O)c(C)c6c(c5c3O)C(=O)[C@@](C)(O/C=C/[C@H](OC)[C@@H](C)[C@@H](OC(C)=O)[C@H](C)[C@@H](O)[C@H](C)[C@@H](O)[C@H](C)/C=C/C=C(/C)C(=O)N4)O6)C(C)C2)c(F)cc2c(=O)c(C(=O)O)cn(C3CC3)c12. The van der Waals surface area contributed by atoms with Crippen LogP contribution < -0.4 is 25.1 Å². The number of methoxy groups -OCH3 is 2. The van der Waals surface area contributed by atoms with Gasteiger partial charge in [0.1, 0.15) is 34.6 Å². The number of benzene rings is 3. The van der Waals surface area contributed by atoms with Crippen LogP contribution in [0.3, 0.4) is 0 Å². The van der Waals surface area contributed by atoms with E-state index in [0.29, 0.717) is 0 Å². The quantitative estimate of drug-likeness (QED) is 0.0413. The Morgan fingerprint density at radius 3 is 2.25 bits per heavy atom. The molecular weight excluding hydrogens is 1030 g/mol. The number of ketones is 1. The zero-order valence-electron chi connectivity index (χ0n) is 45.9. The predicted molar refractivity (Wildman–Crippen MR) is 290 cm³/mol. The minimum Gasteiger partial charge on any atom is -0.507 e. The summed E-state index contributed by atoms with van der Waals surface area (Å²) < 4.78 is 47.6. The first-order valence-corrected chi connectivity index (χ1v) is 26.1. The zero-order valence-corrected chi connectivity index (χ0v) is 45.9. The van der Waals surface area contributed by atoms with Crippen LogP contribution in [0, 0.1) is 36.4 Å². The number of carboxylic acids is 1. The highest BCUT2D eigenvalue weighted by molar-refractivity contribution is 6.24. The van der Waals surface area contributed by atoms with E-state index in [4.69, 9.17) is 28.8 Å². The van der Waals surface area contributed by atoms with Gasteiger partial charge in [0.05, 0.1) is 83.6 Å². The molecule has 22 heteroatoms. The lowest BCUT2D eigenvalue weighted by Crippen LogP contribution is -2.50. The summed E-state index contributed by atoms with van der Waals surface area (Å²) in [5.41, 5.74) is -1.94. The lowest BCUT2D eigenvalue weighted by molar-refractivity contribution is -0.160. The van der Waals surface area contributed by atoms with Crippen LogP contribution in [0.4, 0.5) is 15.8 Å². The van der Waals surface area contributed by atoms with Crippen molar-refractivity contribution >= 4 is 62.9 Å². The number of nitrogens with zero attached hydrogens (tertiary/aromatic N) is 4. The number of phenolic OH excluding ortho intramolecular Hbond substituents is 3. The lowest BCUT2D eigenvalue weighted by atomic mass is 9.78. The smallest absolute Gasteiger partial charge is 0.341 e. The van der Waals surface area contributed by atoms with Crippen LogP contribution in [0.2, 0.25) is 0 Å². The monoisotopic (exact) mass is 1100 g/mol. The zero-order chi connectivity index (χ0) is 57.8. The van der Waals surface area contributed by atoms with Gasteiger partial charge in [-0.2, -0.15) is 5.10 Å². The summed E-state index contributed by atoms with van der Waals surface area (Å²) in [6.07, 6.45) is 6.98. The lowest BCUT2D eigenvalue weighted by Gasteiger charge is -2.40. The van der Waals surface area contributed by atoms with Crippen molar-refractivity contribution in [1.82, 2.24) is 9.58 Å². The van der Waals surface area contributed by atoms with Crippen molar-refractivity contribution in [2.24, 2.45) is 28.8 Å². The number of halogens is 1. The Morgan fingerprint density at radius 2 is 1.63 bits per heavy atom. The molecule has 1 aliphatic carbocycles.